The van der Waals surface area contributed by atoms with E-state index in [1.807, 2.05) is 11.8 Å². The molecule has 1 aliphatic carbocycles. The molecule has 0 spiro atoms. The Morgan fingerprint density at radius 1 is 1.42 bits per heavy atom. The lowest BCUT2D eigenvalue weighted by Gasteiger charge is -2.29. The van der Waals surface area contributed by atoms with Crippen LogP contribution in [-0.4, -0.2) is 42.8 Å². The van der Waals surface area contributed by atoms with Crippen LogP contribution in [0.5, 0.6) is 0 Å². The number of carbonyl (C=O) groups is 1. The van der Waals surface area contributed by atoms with Crippen LogP contribution in [0.3, 0.4) is 0 Å². The molecule has 0 radical (unpaired) electrons. The molecule has 0 aromatic heterocycles. The van der Waals surface area contributed by atoms with Gasteiger partial charge in [0.2, 0.25) is 0 Å². The molecule has 0 aromatic rings. The minimum atomic E-state index is -0.731. The summed E-state index contributed by atoms with van der Waals surface area (Å²) in [4.78, 5) is 11.8. The van der Waals surface area contributed by atoms with Gasteiger partial charge in [-0.3, -0.25) is 4.79 Å². The Bertz CT molecular complexity index is 307. The number of thioether (sulfide) groups is 1. The van der Waals surface area contributed by atoms with Crippen LogP contribution in [0.1, 0.15) is 38.5 Å². The summed E-state index contributed by atoms with van der Waals surface area (Å²) in [6.45, 7) is 1.79. The van der Waals surface area contributed by atoms with E-state index >= 15 is 0 Å². The van der Waals surface area contributed by atoms with Crippen molar-refractivity contribution in [2.75, 3.05) is 26.1 Å². The summed E-state index contributed by atoms with van der Waals surface area (Å²) < 4.78 is 10.2. The van der Waals surface area contributed by atoms with Gasteiger partial charge >= 0.3 is 5.97 Å². The van der Waals surface area contributed by atoms with Crippen LogP contribution < -0.4 is 5.73 Å². The summed E-state index contributed by atoms with van der Waals surface area (Å²) in [6, 6.07) is 0. The van der Waals surface area contributed by atoms with Crippen molar-refractivity contribution in [3.05, 3.63) is 0 Å². The highest BCUT2D eigenvalue weighted by Crippen LogP contribution is 2.38. The third kappa shape index (κ3) is 3.64. The molecule has 2 fully saturated rings. The van der Waals surface area contributed by atoms with Gasteiger partial charge in [-0.25, -0.2) is 0 Å². The summed E-state index contributed by atoms with van der Waals surface area (Å²) in [5.74, 6) is 1.14. The van der Waals surface area contributed by atoms with Gasteiger partial charge in [0.05, 0.1) is 7.11 Å². The lowest BCUT2D eigenvalue weighted by atomic mass is 9.86. The molecular weight excluding hydrogens is 262 g/mol. The summed E-state index contributed by atoms with van der Waals surface area (Å²) >= 11 is 2.02. The van der Waals surface area contributed by atoms with Crippen molar-refractivity contribution in [1.82, 2.24) is 0 Å². The Morgan fingerprint density at radius 3 is 2.84 bits per heavy atom. The molecule has 2 aliphatic rings. The fourth-order valence-corrected chi connectivity index (χ4v) is 4.46. The van der Waals surface area contributed by atoms with E-state index in [1.54, 1.807) is 0 Å². The van der Waals surface area contributed by atoms with Gasteiger partial charge in [0.25, 0.3) is 0 Å². The Kier molecular flexibility index (Phi) is 5.54. The maximum absolute atomic E-state index is 11.8. The molecule has 1 heterocycles. The minimum absolute atomic E-state index is 0.230. The molecule has 110 valence electrons. The van der Waals surface area contributed by atoms with Crippen LogP contribution in [0, 0.1) is 5.92 Å². The van der Waals surface area contributed by atoms with Gasteiger partial charge in [-0.2, -0.15) is 11.8 Å². The van der Waals surface area contributed by atoms with Crippen LogP contribution in [0.15, 0.2) is 0 Å². The van der Waals surface area contributed by atoms with E-state index in [4.69, 9.17) is 15.2 Å². The molecular formula is C14H25NO3S. The lowest BCUT2D eigenvalue weighted by Crippen LogP contribution is -2.51. The molecule has 1 saturated carbocycles. The molecule has 2 N–H and O–H groups in total. The normalized spacial score (nSPS) is 32.4. The third-order valence-electron chi connectivity index (χ3n) is 4.43. The van der Waals surface area contributed by atoms with Gasteiger partial charge in [-0.1, -0.05) is 6.42 Å². The summed E-state index contributed by atoms with van der Waals surface area (Å²) in [5.41, 5.74) is 5.54. The first kappa shape index (κ1) is 15.1. The second kappa shape index (κ2) is 6.95. The number of esters is 1. The average molecular weight is 287 g/mol. The molecule has 19 heavy (non-hydrogen) atoms. The van der Waals surface area contributed by atoms with Crippen LogP contribution in [0.4, 0.5) is 0 Å². The van der Waals surface area contributed by atoms with Crippen LogP contribution in [0.2, 0.25) is 0 Å². The van der Waals surface area contributed by atoms with Gasteiger partial charge in [-0.15, -0.1) is 0 Å². The largest absolute Gasteiger partial charge is 0.468 e. The van der Waals surface area contributed by atoms with E-state index in [1.165, 1.54) is 7.11 Å². The van der Waals surface area contributed by atoms with Gasteiger partial charge in [-0.05, 0) is 43.8 Å². The number of hydrogen-bond acceptors (Lipinski definition) is 5. The second-order valence-electron chi connectivity index (χ2n) is 5.59. The zero-order valence-electron chi connectivity index (χ0n) is 11.7. The summed E-state index contributed by atoms with van der Waals surface area (Å²) in [7, 11) is 1.43. The van der Waals surface area contributed by atoms with Gasteiger partial charge in [0, 0.05) is 18.5 Å². The number of ether oxygens (including phenoxy) is 2. The maximum Gasteiger partial charge on any atom is 0.326 e. The van der Waals surface area contributed by atoms with E-state index in [9.17, 15) is 4.79 Å². The van der Waals surface area contributed by atoms with Crippen molar-refractivity contribution in [2.45, 2.75) is 49.3 Å². The van der Waals surface area contributed by atoms with Gasteiger partial charge < -0.3 is 15.2 Å². The highest BCUT2D eigenvalue weighted by molar-refractivity contribution is 7.99. The Balaban J connectivity index is 1.76. The highest BCUT2D eigenvalue weighted by Gasteiger charge is 2.46. The molecule has 1 saturated heterocycles. The lowest BCUT2D eigenvalue weighted by molar-refractivity contribution is -0.148. The molecule has 1 aliphatic heterocycles. The number of hydrogen-bond donors (Lipinski definition) is 1. The van der Waals surface area contributed by atoms with Gasteiger partial charge in [0.15, 0.2) is 0 Å². The Labute approximate surface area is 119 Å². The standard InChI is InChI=1S/C14H25NO3S/c1-17-13(16)14(15)7-2-3-11(14)6-10-19-12-4-8-18-9-5-12/h11-12H,2-10,15H2,1H3. The topological polar surface area (TPSA) is 61.5 Å². The smallest absolute Gasteiger partial charge is 0.326 e. The molecule has 4 nitrogen and oxygen atoms in total. The molecule has 5 heteroatoms. The number of carbonyl (C=O) groups excluding carboxylic acids is 1. The van der Waals surface area contributed by atoms with E-state index in [2.05, 4.69) is 0 Å². The first-order valence-electron chi connectivity index (χ1n) is 7.23. The molecule has 2 atom stereocenters. The number of rotatable bonds is 5. The predicted octanol–water partition coefficient (Wildman–Crippen LogP) is 1.96. The molecule has 0 bridgehead atoms. The summed E-state index contributed by atoms with van der Waals surface area (Å²) in [5, 5.41) is 0.723. The zero-order valence-corrected chi connectivity index (χ0v) is 12.5. The van der Waals surface area contributed by atoms with Gasteiger partial charge in [0.1, 0.15) is 5.54 Å². The number of nitrogens with two attached hydrogens (primary N) is 1. The van der Waals surface area contributed by atoms with Crippen molar-refractivity contribution in [3.63, 3.8) is 0 Å². The zero-order chi connectivity index (χ0) is 13.7. The first-order valence-corrected chi connectivity index (χ1v) is 8.28. The number of methoxy groups -OCH3 is 1. The van der Waals surface area contributed by atoms with Crippen LogP contribution >= 0.6 is 11.8 Å². The van der Waals surface area contributed by atoms with Crippen LogP contribution in [-0.2, 0) is 14.3 Å². The SMILES string of the molecule is COC(=O)C1(N)CCCC1CCSC1CCOCC1. The monoisotopic (exact) mass is 287 g/mol. The van der Waals surface area contributed by atoms with Crippen LogP contribution in [0.25, 0.3) is 0 Å². The van der Waals surface area contributed by atoms with Crippen molar-refractivity contribution in [1.29, 1.82) is 0 Å². The average Bonchev–Trinajstić information content (AvgIpc) is 2.82. The van der Waals surface area contributed by atoms with Crippen molar-refractivity contribution in [2.24, 2.45) is 11.7 Å². The minimum Gasteiger partial charge on any atom is -0.468 e. The van der Waals surface area contributed by atoms with Crippen molar-refractivity contribution in [3.8, 4) is 0 Å². The second-order valence-corrected chi connectivity index (χ2v) is 7.00. The van der Waals surface area contributed by atoms with E-state index in [-0.39, 0.29) is 11.9 Å². The maximum atomic E-state index is 11.8. The fraction of sp³-hybridized carbons (Fsp3) is 0.929. The third-order valence-corrected chi connectivity index (χ3v) is 5.84. The summed E-state index contributed by atoms with van der Waals surface area (Å²) in [6.07, 6.45) is 6.19. The predicted molar refractivity (Wildman–Crippen MR) is 77.2 cm³/mol. The molecule has 2 unspecified atom stereocenters. The van der Waals surface area contributed by atoms with E-state index in [0.717, 1.165) is 62.7 Å². The van der Waals surface area contributed by atoms with E-state index in [0.29, 0.717) is 0 Å². The fourth-order valence-electron chi connectivity index (χ4n) is 3.18. The Hall–Kier alpha value is -0.260. The van der Waals surface area contributed by atoms with E-state index < -0.39 is 5.54 Å². The first-order chi connectivity index (χ1) is 9.16. The Morgan fingerprint density at radius 2 is 2.16 bits per heavy atom. The molecule has 0 amide bonds. The quantitative estimate of drug-likeness (QED) is 0.783. The van der Waals surface area contributed by atoms with Crippen molar-refractivity contribution >= 4 is 17.7 Å². The highest BCUT2D eigenvalue weighted by atomic mass is 32.2. The molecule has 2 rings (SSSR count). The molecule has 0 aromatic carbocycles. The van der Waals surface area contributed by atoms with Crippen molar-refractivity contribution < 1.29 is 14.3 Å².